The maximum Gasteiger partial charge on any atom is 0.222 e. The van der Waals surface area contributed by atoms with E-state index in [0.29, 0.717) is 23.4 Å². The van der Waals surface area contributed by atoms with Crippen LogP contribution in [0.25, 0.3) is 11.0 Å². The molecule has 8 nitrogen and oxygen atoms in total. The molecule has 0 radical (unpaired) electrons. The molecule has 2 atom stereocenters. The molecule has 0 amide bonds. The Hall–Kier alpha value is -2.87. The molecule has 1 aliphatic carbocycles. The second-order valence-electron chi connectivity index (χ2n) is 6.93. The number of nitrogens with two attached hydrogens (primary N) is 1. The van der Waals surface area contributed by atoms with E-state index in [1.54, 1.807) is 7.11 Å². The number of para-hydroxylation sites is 1. The number of methoxy groups -OCH3 is 1. The van der Waals surface area contributed by atoms with Crippen molar-refractivity contribution in [3.8, 4) is 5.75 Å². The van der Waals surface area contributed by atoms with Gasteiger partial charge in [-0.3, -0.25) is 4.68 Å². The SMILES string of the molecule is COc1ccccc1Cn1cc2nc(N)nc(N[C@H]3CCC[C@H]3CO)c2n1. The number of nitrogens with one attached hydrogen (secondary N) is 1. The Morgan fingerprint density at radius 2 is 2.15 bits per heavy atom. The molecule has 1 aromatic carbocycles. The summed E-state index contributed by atoms with van der Waals surface area (Å²) in [7, 11) is 1.66. The zero-order chi connectivity index (χ0) is 18.8. The summed E-state index contributed by atoms with van der Waals surface area (Å²) in [5, 5.41) is 17.7. The highest BCUT2D eigenvalue weighted by Crippen LogP contribution is 2.30. The van der Waals surface area contributed by atoms with E-state index in [2.05, 4.69) is 20.4 Å². The number of nitrogen functional groups attached to an aromatic ring is 1. The number of aliphatic hydroxyl groups excluding tert-OH is 1. The van der Waals surface area contributed by atoms with Crippen molar-refractivity contribution < 1.29 is 9.84 Å². The van der Waals surface area contributed by atoms with Gasteiger partial charge in [-0.1, -0.05) is 24.6 Å². The number of anilines is 2. The summed E-state index contributed by atoms with van der Waals surface area (Å²) >= 11 is 0. The molecule has 1 fully saturated rings. The zero-order valence-electron chi connectivity index (χ0n) is 15.3. The molecule has 8 heteroatoms. The summed E-state index contributed by atoms with van der Waals surface area (Å²) in [5.74, 6) is 1.88. The Labute approximate surface area is 157 Å². The third-order valence-electron chi connectivity index (χ3n) is 5.17. The van der Waals surface area contributed by atoms with Crippen LogP contribution in [0.2, 0.25) is 0 Å². The molecule has 1 aliphatic rings. The molecule has 0 bridgehead atoms. The van der Waals surface area contributed by atoms with Gasteiger partial charge in [-0.25, -0.2) is 4.98 Å². The summed E-state index contributed by atoms with van der Waals surface area (Å²) in [4.78, 5) is 8.68. The van der Waals surface area contributed by atoms with Crippen molar-refractivity contribution in [1.82, 2.24) is 19.7 Å². The van der Waals surface area contributed by atoms with Gasteiger partial charge in [-0.2, -0.15) is 10.1 Å². The van der Waals surface area contributed by atoms with Crippen molar-refractivity contribution in [3.63, 3.8) is 0 Å². The minimum Gasteiger partial charge on any atom is -0.496 e. The standard InChI is InChI=1S/C19H24N6O2/c1-27-16-8-3-2-5-12(16)9-25-10-15-17(24-25)18(23-19(20)22-15)21-14-7-4-6-13(14)11-26/h2-3,5,8,10,13-14,26H,4,6-7,9,11H2,1H3,(H3,20,21,22,23)/t13-,14-/m0/s1. The molecule has 4 rings (SSSR count). The number of aromatic nitrogens is 4. The van der Waals surface area contributed by atoms with Gasteiger partial charge in [0.2, 0.25) is 5.95 Å². The molecule has 142 valence electrons. The Balaban J connectivity index is 1.65. The van der Waals surface area contributed by atoms with E-state index < -0.39 is 0 Å². The number of hydrogen-bond acceptors (Lipinski definition) is 7. The normalized spacial score (nSPS) is 19.5. The molecule has 4 N–H and O–H groups in total. The molecule has 3 aromatic rings. The smallest absolute Gasteiger partial charge is 0.222 e. The average Bonchev–Trinajstić information content (AvgIpc) is 3.28. The highest BCUT2D eigenvalue weighted by molar-refractivity contribution is 5.86. The summed E-state index contributed by atoms with van der Waals surface area (Å²) < 4.78 is 7.24. The number of aliphatic hydroxyl groups is 1. The topological polar surface area (TPSA) is 111 Å². The molecule has 2 heterocycles. The van der Waals surface area contributed by atoms with Crippen LogP contribution in [0.3, 0.4) is 0 Å². The van der Waals surface area contributed by atoms with Gasteiger partial charge < -0.3 is 20.9 Å². The lowest BCUT2D eigenvalue weighted by atomic mass is 10.1. The van der Waals surface area contributed by atoms with Gasteiger partial charge in [-0.05, 0) is 18.9 Å². The van der Waals surface area contributed by atoms with E-state index >= 15 is 0 Å². The first-order chi connectivity index (χ1) is 13.2. The van der Waals surface area contributed by atoms with Crippen LogP contribution in [0.4, 0.5) is 11.8 Å². The first-order valence-electron chi connectivity index (χ1n) is 9.18. The van der Waals surface area contributed by atoms with E-state index in [9.17, 15) is 5.11 Å². The minimum atomic E-state index is 0.170. The van der Waals surface area contributed by atoms with Crippen LogP contribution in [0.5, 0.6) is 5.75 Å². The molecule has 2 aromatic heterocycles. The van der Waals surface area contributed by atoms with Crippen LogP contribution in [-0.4, -0.2) is 44.6 Å². The van der Waals surface area contributed by atoms with Gasteiger partial charge in [0, 0.05) is 24.1 Å². The number of fused-ring (bicyclic) bond motifs is 1. The molecule has 0 spiro atoms. The maximum atomic E-state index is 9.57. The number of benzene rings is 1. The van der Waals surface area contributed by atoms with Crippen LogP contribution in [-0.2, 0) is 6.54 Å². The van der Waals surface area contributed by atoms with Crippen LogP contribution < -0.4 is 15.8 Å². The molecular weight excluding hydrogens is 344 g/mol. The van der Waals surface area contributed by atoms with E-state index in [1.807, 2.05) is 35.1 Å². The molecule has 27 heavy (non-hydrogen) atoms. The van der Waals surface area contributed by atoms with Gasteiger partial charge in [-0.15, -0.1) is 0 Å². The van der Waals surface area contributed by atoms with E-state index in [0.717, 1.165) is 30.6 Å². The van der Waals surface area contributed by atoms with Gasteiger partial charge >= 0.3 is 0 Å². The van der Waals surface area contributed by atoms with Gasteiger partial charge in [0.1, 0.15) is 11.3 Å². The first kappa shape index (κ1) is 17.5. The average molecular weight is 368 g/mol. The Kier molecular flexibility index (Phi) is 4.81. The quantitative estimate of drug-likeness (QED) is 0.610. The second kappa shape index (κ2) is 7.40. The second-order valence-corrected chi connectivity index (χ2v) is 6.93. The van der Waals surface area contributed by atoms with Crippen LogP contribution >= 0.6 is 0 Å². The number of nitrogens with zero attached hydrogens (tertiary/aromatic N) is 4. The highest BCUT2D eigenvalue weighted by Gasteiger charge is 2.27. The summed E-state index contributed by atoms with van der Waals surface area (Å²) in [6.07, 6.45) is 4.97. The van der Waals surface area contributed by atoms with Gasteiger partial charge in [0.25, 0.3) is 0 Å². The summed E-state index contributed by atoms with van der Waals surface area (Å²) in [6, 6.07) is 8.02. The lowest BCUT2D eigenvalue weighted by Gasteiger charge is -2.19. The number of rotatable bonds is 6. The maximum absolute atomic E-state index is 9.57. The van der Waals surface area contributed by atoms with Crippen molar-refractivity contribution in [1.29, 1.82) is 0 Å². The van der Waals surface area contributed by atoms with E-state index in [1.165, 1.54) is 0 Å². The number of ether oxygens (including phenoxy) is 1. The van der Waals surface area contributed by atoms with Crippen molar-refractivity contribution in [2.24, 2.45) is 5.92 Å². The van der Waals surface area contributed by atoms with Crippen molar-refractivity contribution in [2.45, 2.75) is 31.8 Å². The summed E-state index contributed by atoms with van der Waals surface area (Å²) in [6.45, 7) is 0.728. The van der Waals surface area contributed by atoms with E-state index in [-0.39, 0.29) is 24.5 Å². The Morgan fingerprint density at radius 3 is 2.96 bits per heavy atom. The lowest BCUT2D eigenvalue weighted by molar-refractivity contribution is 0.222. The monoisotopic (exact) mass is 368 g/mol. The molecule has 1 saturated carbocycles. The zero-order valence-corrected chi connectivity index (χ0v) is 15.3. The van der Waals surface area contributed by atoms with Gasteiger partial charge in [0.05, 0.1) is 19.9 Å². The molecule has 0 aliphatic heterocycles. The fraction of sp³-hybridized carbons (Fsp3) is 0.421. The van der Waals surface area contributed by atoms with Crippen LogP contribution in [0.1, 0.15) is 24.8 Å². The highest BCUT2D eigenvalue weighted by atomic mass is 16.5. The Bertz CT molecular complexity index is 941. The first-order valence-corrected chi connectivity index (χ1v) is 9.18. The van der Waals surface area contributed by atoms with Crippen molar-refractivity contribution in [3.05, 3.63) is 36.0 Å². The Morgan fingerprint density at radius 1 is 1.30 bits per heavy atom. The van der Waals surface area contributed by atoms with E-state index in [4.69, 9.17) is 10.5 Å². The van der Waals surface area contributed by atoms with Crippen LogP contribution in [0.15, 0.2) is 30.5 Å². The summed E-state index contributed by atoms with van der Waals surface area (Å²) in [5.41, 5.74) is 8.31. The largest absolute Gasteiger partial charge is 0.496 e. The fourth-order valence-electron chi connectivity index (χ4n) is 3.79. The number of hydrogen-bond donors (Lipinski definition) is 3. The van der Waals surface area contributed by atoms with Crippen molar-refractivity contribution >= 4 is 22.8 Å². The third kappa shape index (κ3) is 3.52. The minimum absolute atomic E-state index is 0.170. The third-order valence-corrected chi connectivity index (χ3v) is 5.17. The molecule has 0 unspecified atom stereocenters. The molecular formula is C19H24N6O2. The lowest BCUT2D eigenvalue weighted by Crippen LogP contribution is -2.27. The predicted octanol–water partition coefficient (Wildman–Crippen LogP) is 2.04. The predicted molar refractivity (Wildman–Crippen MR) is 104 cm³/mol. The van der Waals surface area contributed by atoms with Gasteiger partial charge in [0.15, 0.2) is 11.3 Å². The molecule has 0 saturated heterocycles. The van der Waals surface area contributed by atoms with Crippen molar-refractivity contribution in [2.75, 3.05) is 24.8 Å². The fourth-order valence-corrected chi connectivity index (χ4v) is 3.79. The van der Waals surface area contributed by atoms with Crippen LogP contribution in [0, 0.1) is 5.92 Å².